The van der Waals surface area contributed by atoms with Gasteiger partial charge in [0.15, 0.2) is 5.78 Å². The van der Waals surface area contributed by atoms with Gasteiger partial charge in [0.05, 0.1) is 46.5 Å². The van der Waals surface area contributed by atoms with Crippen LogP contribution in [0.3, 0.4) is 0 Å². The van der Waals surface area contributed by atoms with Crippen molar-refractivity contribution in [3.05, 3.63) is 177 Å². The molecule has 1 heterocycles. The van der Waals surface area contributed by atoms with Crippen molar-refractivity contribution in [3.8, 4) is 0 Å². The Morgan fingerprint density at radius 1 is 0.646 bits per heavy atom. The first kappa shape index (κ1) is 52.0. The highest BCUT2D eigenvalue weighted by Gasteiger charge is 2.34. The normalized spacial score (nSPS) is 12.4. The highest BCUT2D eigenvalue weighted by atomic mass is 35.7. The molecule has 0 aromatic heterocycles. The molecule has 0 atom stereocenters. The number of nitrogens with zero attached hydrogens (tertiary/aromatic N) is 2. The molecule has 65 heavy (non-hydrogen) atoms. The smallest absolute Gasteiger partial charge is 0.339 e. The molecule has 0 amide bonds. The fourth-order valence-corrected chi connectivity index (χ4v) is 10.1. The van der Waals surface area contributed by atoms with E-state index in [0.717, 1.165) is 19.3 Å². The predicted molar refractivity (Wildman–Crippen MR) is 254 cm³/mol. The first-order chi connectivity index (χ1) is 30.6. The quantitative estimate of drug-likeness (QED) is 0.118. The molecule has 0 unspecified atom stereocenters. The summed E-state index contributed by atoms with van der Waals surface area (Å²) in [4.78, 5) is 35.1. The van der Waals surface area contributed by atoms with Gasteiger partial charge in [-0.05, 0) is 91.0 Å². The molecule has 1 N–H and O–H groups in total. The van der Waals surface area contributed by atoms with Crippen molar-refractivity contribution in [1.29, 1.82) is 0 Å². The molecule has 0 fully saturated rings. The van der Waals surface area contributed by atoms with Crippen LogP contribution in [0.2, 0.25) is 15.1 Å². The van der Waals surface area contributed by atoms with Crippen molar-refractivity contribution in [3.63, 3.8) is 0 Å². The zero-order valence-electron chi connectivity index (χ0n) is 34.9. The first-order valence-electron chi connectivity index (χ1n) is 18.5. The minimum Gasteiger partial charge on any atom is -0.465 e. The van der Waals surface area contributed by atoms with Gasteiger partial charge in [0.1, 0.15) is 4.90 Å². The number of anilines is 3. The number of ether oxygens (including phenoxy) is 2. The van der Waals surface area contributed by atoms with Crippen molar-refractivity contribution in [1.82, 2.24) is 0 Å². The van der Waals surface area contributed by atoms with E-state index in [0.29, 0.717) is 27.0 Å². The number of nitrogens with one attached hydrogen (secondary N) is 1. The lowest BCUT2D eigenvalue weighted by Crippen LogP contribution is -2.28. The lowest BCUT2D eigenvalue weighted by Gasteiger charge is -2.21. The second-order valence-electron chi connectivity index (χ2n) is 13.1. The zero-order chi connectivity index (χ0) is 48.3. The number of fused-ring (bicyclic) bond motifs is 2. The molecule has 0 radical (unpaired) electrons. The SMILES string of the molecule is CN1c2cc(Cl)ccc2C(=O)c2ccccc2S1(=O)=O.CNc1cccc(Cl)c1.COC(=O)c1ccccc1S(=O)(=O)Cl.COC(=O)c1ccccc1S(=O)(=O)N(C)c1cccc(Cl)c1. The number of sulfonamides is 2. The maximum atomic E-state index is 12.8. The zero-order valence-corrected chi connectivity index (χ0v) is 40.4. The molecule has 0 saturated carbocycles. The van der Waals surface area contributed by atoms with Crippen LogP contribution in [0.25, 0.3) is 0 Å². The standard InChI is InChI=1S/C15H14ClNO4S.C14H10ClNO3S.C8H7ClO4S.C7H8ClN/c1-17(12-7-5-6-11(16)10-12)22(19,20)14-9-4-3-8-13(14)15(18)21-2;1-16-12-8-9(15)6-7-10(12)14(17)11-4-2-3-5-13(11)20(16,18)19;1-13-8(10)6-4-2-3-5-7(6)14(9,11)12;1-9-7-4-2-3-6(8)5-7/h3-10H,1-2H3;2-8H,1H3;2-5H,1H3;2-5,9H,1H3. The molecule has 6 aromatic rings. The Labute approximate surface area is 396 Å². The van der Waals surface area contributed by atoms with Gasteiger partial charge in [-0.3, -0.25) is 13.4 Å². The summed E-state index contributed by atoms with van der Waals surface area (Å²) in [5.74, 6) is -1.76. The lowest BCUT2D eigenvalue weighted by molar-refractivity contribution is 0.0587. The lowest BCUT2D eigenvalue weighted by atomic mass is 10.0. The molecule has 0 spiro atoms. The summed E-state index contributed by atoms with van der Waals surface area (Å²) in [6.07, 6.45) is 0. The van der Waals surface area contributed by atoms with E-state index in [1.54, 1.807) is 54.6 Å². The summed E-state index contributed by atoms with van der Waals surface area (Å²) in [6.45, 7) is 0. The van der Waals surface area contributed by atoms with Gasteiger partial charge in [-0.2, -0.15) is 0 Å². The van der Waals surface area contributed by atoms with Crippen LogP contribution in [0.1, 0.15) is 36.6 Å². The largest absolute Gasteiger partial charge is 0.465 e. The van der Waals surface area contributed by atoms with Crippen LogP contribution in [0.4, 0.5) is 17.1 Å². The molecule has 1 aliphatic heterocycles. The third kappa shape index (κ3) is 12.8. The Morgan fingerprint density at radius 2 is 1.15 bits per heavy atom. The van der Waals surface area contributed by atoms with Gasteiger partial charge >= 0.3 is 11.9 Å². The summed E-state index contributed by atoms with van der Waals surface area (Å²) in [6, 6.07) is 36.3. The highest BCUT2D eigenvalue weighted by Crippen LogP contribution is 2.35. The van der Waals surface area contributed by atoms with E-state index in [1.165, 1.54) is 89.0 Å². The molecular formula is C44H39Cl4N3O11S3. The number of ketones is 1. The second kappa shape index (κ2) is 22.5. The fraction of sp³-hybridized carbons (Fsp3) is 0.114. The Hall–Kier alpha value is -5.66. The van der Waals surface area contributed by atoms with Gasteiger partial charge in [-0.1, -0.05) is 83.3 Å². The molecule has 21 heteroatoms. The molecular weight excluding hydrogens is 985 g/mol. The molecule has 0 saturated heterocycles. The summed E-state index contributed by atoms with van der Waals surface area (Å²) in [7, 11) is 0.573. The average molecular weight is 1020 g/mol. The van der Waals surface area contributed by atoms with Gasteiger partial charge in [0.25, 0.3) is 29.1 Å². The molecule has 0 bridgehead atoms. The van der Waals surface area contributed by atoms with Crippen LogP contribution >= 0.6 is 45.5 Å². The number of rotatable bonds is 7. The van der Waals surface area contributed by atoms with E-state index in [2.05, 4.69) is 14.8 Å². The Morgan fingerprint density at radius 3 is 1.69 bits per heavy atom. The maximum absolute atomic E-state index is 12.8. The van der Waals surface area contributed by atoms with E-state index in [4.69, 9.17) is 45.5 Å². The van der Waals surface area contributed by atoms with Crippen LogP contribution in [0.5, 0.6) is 0 Å². The number of carbonyl (C=O) groups is 3. The average Bonchev–Trinajstić information content (AvgIpc) is 3.35. The Balaban J connectivity index is 0.000000198. The van der Waals surface area contributed by atoms with E-state index < -0.39 is 41.0 Å². The van der Waals surface area contributed by atoms with E-state index in [1.807, 2.05) is 31.3 Å². The minimum atomic E-state index is -3.92. The van der Waals surface area contributed by atoms with E-state index in [-0.39, 0.29) is 37.2 Å². The number of hydrogen-bond donors (Lipinski definition) is 1. The molecule has 342 valence electrons. The summed E-state index contributed by atoms with van der Waals surface area (Å²) in [5.41, 5.74) is 2.16. The first-order valence-corrected chi connectivity index (χ1v) is 24.8. The monoisotopic (exact) mass is 1020 g/mol. The number of carbonyl (C=O) groups excluding carboxylic acids is 3. The summed E-state index contributed by atoms with van der Waals surface area (Å²) in [5, 5.41) is 4.55. The number of benzene rings is 6. The van der Waals surface area contributed by atoms with Gasteiger partial charge < -0.3 is 14.8 Å². The topological polar surface area (TPSA) is 191 Å². The van der Waals surface area contributed by atoms with Crippen molar-refractivity contribution in [2.45, 2.75) is 14.7 Å². The molecule has 0 aliphatic carbocycles. The maximum Gasteiger partial charge on any atom is 0.339 e. The molecule has 1 aliphatic rings. The molecule has 6 aromatic carbocycles. The Kier molecular flexibility index (Phi) is 18.0. The van der Waals surface area contributed by atoms with Crippen LogP contribution in [0.15, 0.2) is 154 Å². The number of methoxy groups -OCH3 is 2. The number of halogens is 4. The van der Waals surface area contributed by atoms with Crippen LogP contribution < -0.4 is 13.9 Å². The second-order valence-corrected chi connectivity index (χ2v) is 20.8. The van der Waals surface area contributed by atoms with Crippen molar-refractivity contribution >= 4 is 109 Å². The number of hydrogen-bond acceptors (Lipinski definition) is 12. The van der Waals surface area contributed by atoms with Gasteiger partial charge in [0.2, 0.25) is 0 Å². The van der Waals surface area contributed by atoms with Crippen LogP contribution in [-0.2, 0) is 38.6 Å². The van der Waals surface area contributed by atoms with E-state index >= 15 is 0 Å². The summed E-state index contributed by atoms with van der Waals surface area (Å²) >= 11 is 17.5. The van der Waals surface area contributed by atoms with Crippen LogP contribution in [-0.4, -0.2) is 78.3 Å². The molecule has 14 nitrogen and oxygen atoms in total. The number of esters is 2. The third-order valence-electron chi connectivity index (χ3n) is 9.08. The van der Waals surface area contributed by atoms with Gasteiger partial charge in [-0.25, -0.2) is 34.8 Å². The minimum absolute atomic E-state index is 0.0137. The van der Waals surface area contributed by atoms with Crippen molar-refractivity contribution in [2.24, 2.45) is 0 Å². The van der Waals surface area contributed by atoms with Crippen molar-refractivity contribution < 1.29 is 49.1 Å². The Bertz CT molecular complexity index is 3060. The van der Waals surface area contributed by atoms with Gasteiger partial charge in [0, 0.05) is 63.7 Å². The molecule has 7 rings (SSSR count). The van der Waals surface area contributed by atoms with Crippen LogP contribution in [0, 0.1) is 0 Å². The highest BCUT2D eigenvalue weighted by molar-refractivity contribution is 8.13. The summed E-state index contributed by atoms with van der Waals surface area (Å²) < 4.78 is 83.9. The van der Waals surface area contributed by atoms with E-state index in [9.17, 15) is 39.6 Å². The predicted octanol–water partition coefficient (Wildman–Crippen LogP) is 9.44. The van der Waals surface area contributed by atoms with Crippen molar-refractivity contribution in [2.75, 3.05) is 49.3 Å². The third-order valence-corrected chi connectivity index (χ3v) is 14.8. The van der Waals surface area contributed by atoms with Gasteiger partial charge in [-0.15, -0.1) is 0 Å². The fourth-order valence-electron chi connectivity index (χ4n) is 5.79.